The van der Waals surface area contributed by atoms with E-state index in [1.165, 1.54) is 23.0 Å². The summed E-state index contributed by atoms with van der Waals surface area (Å²) in [6.07, 6.45) is 1.56. The molecule has 3 heterocycles. The molecule has 1 saturated heterocycles. The molecule has 2 aliphatic heterocycles. The molecule has 0 bridgehead atoms. The van der Waals surface area contributed by atoms with Gasteiger partial charge in [-0.25, -0.2) is 13.2 Å². The van der Waals surface area contributed by atoms with E-state index in [-0.39, 0.29) is 10.9 Å². The number of anilines is 2. The number of piperazine rings is 1. The standard InChI is InChI=1S/C21H19N5O3S2/c27-20(22-17-7-6-15-8-13-31(28,29)18(15)14-17)25-9-11-26(12-10-25)21-23-19(24-30-21)16-4-2-1-3-5-16/h1-8,13-14H,9-12H2,(H,22,27). The van der Waals surface area contributed by atoms with E-state index in [1.54, 1.807) is 23.1 Å². The van der Waals surface area contributed by atoms with Crippen LogP contribution >= 0.6 is 11.5 Å². The van der Waals surface area contributed by atoms with Crippen molar-refractivity contribution in [2.45, 2.75) is 4.90 Å². The molecule has 8 nitrogen and oxygen atoms in total. The van der Waals surface area contributed by atoms with Gasteiger partial charge in [0.2, 0.25) is 15.0 Å². The van der Waals surface area contributed by atoms with E-state index >= 15 is 0 Å². The number of carbonyl (C=O) groups is 1. The van der Waals surface area contributed by atoms with Crippen molar-refractivity contribution < 1.29 is 13.2 Å². The molecular weight excluding hydrogens is 434 g/mol. The number of benzene rings is 2. The van der Waals surface area contributed by atoms with Crippen molar-refractivity contribution in [2.75, 3.05) is 36.4 Å². The molecule has 1 N–H and O–H groups in total. The minimum absolute atomic E-state index is 0.223. The number of urea groups is 1. The Kier molecular flexibility index (Phi) is 4.95. The van der Waals surface area contributed by atoms with E-state index < -0.39 is 9.84 Å². The molecule has 31 heavy (non-hydrogen) atoms. The Labute approximate surface area is 183 Å². The van der Waals surface area contributed by atoms with Crippen molar-refractivity contribution >= 4 is 44.3 Å². The van der Waals surface area contributed by atoms with Gasteiger partial charge in [-0.1, -0.05) is 36.4 Å². The van der Waals surface area contributed by atoms with Gasteiger partial charge in [-0.2, -0.15) is 9.36 Å². The minimum Gasteiger partial charge on any atom is -0.343 e. The zero-order chi connectivity index (χ0) is 21.4. The van der Waals surface area contributed by atoms with Crippen molar-refractivity contribution in [3.8, 4) is 11.4 Å². The number of hydrogen-bond donors (Lipinski definition) is 1. The second-order valence-electron chi connectivity index (χ2n) is 7.27. The highest BCUT2D eigenvalue weighted by Crippen LogP contribution is 2.29. The second-order valence-corrected chi connectivity index (χ2v) is 9.80. The van der Waals surface area contributed by atoms with Crippen LogP contribution in [0, 0.1) is 0 Å². The predicted octanol–water partition coefficient (Wildman–Crippen LogP) is 3.32. The summed E-state index contributed by atoms with van der Waals surface area (Å²) in [5.74, 6) is 0.710. The van der Waals surface area contributed by atoms with Crippen LogP contribution in [0.3, 0.4) is 0 Å². The molecule has 158 valence electrons. The van der Waals surface area contributed by atoms with Gasteiger partial charge < -0.3 is 15.1 Å². The maximum absolute atomic E-state index is 12.7. The van der Waals surface area contributed by atoms with Crippen LogP contribution in [0.5, 0.6) is 0 Å². The van der Waals surface area contributed by atoms with Gasteiger partial charge in [-0.15, -0.1) is 0 Å². The number of nitrogens with zero attached hydrogens (tertiary/aromatic N) is 4. The van der Waals surface area contributed by atoms with Crippen LogP contribution in [0.15, 0.2) is 58.8 Å². The van der Waals surface area contributed by atoms with E-state index in [1.807, 2.05) is 30.3 Å². The van der Waals surface area contributed by atoms with Crippen LogP contribution in [-0.4, -0.2) is 54.9 Å². The summed E-state index contributed by atoms with van der Waals surface area (Å²) in [5, 5.41) is 4.83. The van der Waals surface area contributed by atoms with Crippen molar-refractivity contribution in [2.24, 2.45) is 0 Å². The molecule has 2 amide bonds. The summed E-state index contributed by atoms with van der Waals surface area (Å²) in [5.41, 5.74) is 2.09. The fourth-order valence-electron chi connectivity index (χ4n) is 3.58. The van der Waals surface area contributed by atoms with Crippen LogP contribution in [0.4, 0.5) is 15.6 Å². The molecule has 0 spiro atoms. The highest BCUT2D eigenvalue weighted by atomic mass is 32.2. The molecule has 0 saturated carbocycles. The van der Waals surface area contributed by atoms with Crippen molar-refractivity contribution in [1.29, 1.82) is 0 Å². The molecule has 2 aliphatic rings. The third-order valence-electron chi connectivity index (χ3n) is 5.28. The maximum atomic E-state index is 12.7. The van der Waals surface area contributed by atoms with Gasteiger partial charge in [0, 0.05) is 54.4 Å². The number of sulfone groups is 1. The van der Waals surface area contributed by atoms with E-state index in [9.17, 15) is 13.2 Å². The van der Waals surface area contributed by atoms with Gasteiger partial charge in [0.15, 0.2) is 5.82 Å². The van der Waals surface area contributed by atoms with Gasteiger partial charge in [0.05, 0.1) is 4.90 Å². The Bertz CT molecular complexity index is 1260. The Morgan fingerprint density at radius 3 is 2.58 bits per heavy atom. The average Bonchev–Trinajstić information content (AvgIpc) is 3.40. The highest BCUT2D eigenvalue weighted by molar-refractivity contribution is 7.94. The second kappa shape index (κ2) is 7.78. The lowest BCUT2D eigenvalue weighted by molar-refractivity contribution is 0.208. The smallest absolute Gasteiger partial charge is 0.321 e. The normalized spacial score (nSPS) is 16.9. The number of amides is 2. The summed E-state index contributed by atoms with van der Waals surface area (Å²) < 4.78 is 28.5. The van der Waals surface area contributed by atoms with Crippen LogP contribution in [0.25, 0.3) is 17.5 Å². The molecule has 0 unspecified atom stereocenters. The van der Waals surface area contributed by atoms with E-state index in [2.05, 4.69) is 19.6 Å². The first kappa shape index (κ1) is 19.7. The Hall–Kier alpha value is -3.24. The highest BCUT2D eigenvalue weighted by Gasteiger charge is 2.25. The fraction of sp³-hybridized carbons (Fsp3) is 0.190. The number of rotatable bonds is 3. The van der Waals surface area contributed by atoms with E-state index in [4.69, 9.17) is 0 Å². The minimum atomic E-state index is -3.41. The molecule has 1 fully saturated rings. The molecule has 5 rings (SSSR count). The summed E-state index contributed by atoms with van der Waals surface area (Å²) in [4.78, 5) is 21.4. The van der Waals surface area contributed by atoms with Gasteiger partial charge >= 0.3 is 6.03 Å². The number of carbonyl (C=O) groups excluding carboxylic acids is 1. The number of aromatic nitrogens is 2. The van der Waals surface area contributed by atoms with Gasteiger partial charge in [0.25, 0.3) is 0 Å². The summed E-state index contributed by atoms with van der Waals surface area (Å²) >= 11 is 1.36. The van der Waals surface area contributed by atoms with Crippen molar-refractivity contribution in [1.82, 2.24) is 14.3 Å². The summed E-state index contributed by atoms with van der Waals surface area (Å²) in [6, 6.07) is 14.5. The van der Waals surface area contributed by atoms with E-state index in [0.29, 0.717) is 43.3 Å². The molecular formula is C21H19N5O3S2. The van der Waals surface area contributed by atoms with Crippen molar-refractivity contribution in [3.05, 3.63) is 59.5 Å². The molecule has 10 heteroatoms. The summed E-state index contributed by atoms with van der Waals surface area (Å²) in [7, 11) is -3.41. The maximum Gasteiger partial charge on any atom is 0.321 e. The number of hydrogen-bond acceptors (Lipinski definition) is 7. The average molecular weight is 454 g/mol. The van der Waals surface area contributed by atoms with Crippen molar-refractivity contribution in [3.63, 3.8) is 0 Å². The largest absolute Gasteiger partial charge is 0.343 e. The molecule has 0 aliphatic carbocycles. The Morgan fingerprint density at radius 2 is 1.81 bits per heavy atom. The lowest BCUT2D eigenvalue weighted by atomic mass is 10.2. The van der Waals surface area contributed by atoms with E-state index in [0.717, 1.165) is 10.7 Å². The zero-order valence-electron chi connectivity index (χ0n) is 16.4. The van der Waals surface area contributed by atoms with Gasteiger partial charge in [0.1, 0.15) is 0 Å². The number of nitrogens with one attached hydrogen (secondary N) is 1. The van der Waals surface area contributed by atoms with Gasteiger partial charge in [-0.3, -0.25) is 0 Å². The molecule has 3 aromatic rings. The Balaban J connectivity index is 1.21. The Morgan fingerprint density at radius 1 is 1.03 bits per heavy atom. The first-order valence-corrected chi connectivity index (χ1v) is 12.1. The van der Waals surface area contributed by atoms with Crippen LogP contribution in [0.1, 0.15) is 5.56 Å². The first-order valence-electron chi connectivity index (χ1n) is 9.77. The SMILES string of the molecule is O=C(Nc1ccc2c(c1)S(=O)(=O)C=C2)N1CCN(c2nc(-c3ccccc3)ns2)CC1. The predicted molar refractivity (Wildman–Crippen MR) is 121 cm³/mol. The quantitative estimate of drug-likeness (QED) is 0.654. The molecule has 1 aromatic heterocycles. The third-order valence-corrected chi connectivity index (χ3v) is 7.52. The molecule has 0 radical (unpaired) electrons. The van der Waals surface area contributed by atoms with Gasteiger partial charge in [-0.05, 0) is 23.8 Å². The van der Waals surface area contributed by atoms with Crippen LogP contribution < -0.4 is 10.2 Å². The van der Waals surface area contributed by atoms with Crippen LogP contribution in [-0.2, 0) is 9.84 Å². The fourth-order valence-corrected chi connectivity index (χ4v) is 5.55. The summed E-state index contributed by atoms with van der Waals surface area (Å²) in [6.45, 7) is 2.38. The lowest BCUT2D eigenvalue weighted by Gasteiger charge is -2.34. The number of fused-ring (bicyclic) bond motifs is 1. The molecule has 2 aromatic carbocycles. The lowest BCUT2D eigenvalue weighted by Crippen LogP contribution is -2.50. The van der Waals surface area contributed by atoms with Crippen LogP contribution in [0.2, 0.25) is 0 Å². The zero-order valence-corrected chi connectivity index (χ0v) is 18.1. The first-order chi connectivity index (χ1) is 15.0. The monoisotopic (exact) mass is 453 g/mol. The topological polar surface area (TPSA) is 95.5 Å². The third kappa shape index (κ3) is 3.91. The molecule has 0 atom stereocenters.